The summed E-state index contributed by atoms with van der Waals surface area (Å²) in [7, 11) is 0. The van der Waals surface area contributed by atoms with E-state index in [1.807, 2.05) is 0 Å². The van der Waals surface area contributed by atoms with E-state index in [0.717, 1.165) is 31.2 Å². The van der Waals surface area contributed by atoms with Gasteiger partial charge in [0.25, 0.3) is 0 Å². The van der Waals surface area contributed by atoms with Gasteiger partial charge in [-0.05, 0) is 0 Å². The van der Waals surface area contributed by atoms with E-state index >= 15 is 0 Å². The van der Waals surface area contributed by atoms with Crippen molar-refractivity contribution in [1.82, 2.24) is 0 Å². The van der Waals surface area contributed by atoms with Crippen molar-refractivity contribution in [2.45, 2.75) is 0 Å². The van der Waals surface area contributed by atoms with E-state index in [4.69, 9.17) is 34.2 Å². The molecule has 0 aliphatic rings. The van der Waals surface area contributed by atoms with Crippen LogP contribution in [0.5, 0.6) is 0 Å². The Morgan fingerprint density at radius 2 is 0.860 bits per heavy atom. The van der Waals surface area contributed by atoms with Gasteiger partial charge in [0.05, 0.1) is 37.1 Å². The molecule has 0 radical (unpaired) electrons. The summed E-state index contributed by atoms with van der Waals surface area (Å²) >= 11 is 15.8. The first kappa shape index (κ1) is 44.8. The molecule has 0 unspecified atom stereocenters. The summed E-state index contributed by atoms with van der Waals surface area (Å²) in [5.41, 5.74) is 0. The van der Waals surface area contributed by atoms with Gasteiger partial charge >= 0.3 is 17.9 Å². The van der Waals surface area contributed by atoms with Crippen molar-refractivity contribution >= 4 is 136 Å². The van der Waals surface area contributed by atoms with Crippen LogP contribution in [-0.4, -0.2) is 144 Å². The highest BCUT2D eigenvalue weighted by atomic mass is 32.2. The second-order valence-corrected chi connectivity index (χ2v) is 19.3. The molecule has 0 aromatic carbocycles. The molecule has 0 aromatic heterocycles. The predicted molar refractivity (Wildman–Crippen MR) is 198 cm³/mol. The number of ether oxygens (including phenoxy) is 3. The number of aliphatic hydroxyl groups is 2. The van der Waals surface area contributed by atoms with Crippen LogP contribution in [0.4, 0.5) is 0 Å². The molecule has 0 heterocycles. The SMILES string of the molecule is O=C(CSCSCSCCOOCSCSCOC(=O)CSCSCSCC(=O)OCCSCCO)OCCSCCO. The lowest BCUT2D eigenvalue weighted by Crippen LogP contribution is -2.10. The van der Waals surface area contributed by atoms with E-state index in [1.165, 1.54) is 47.0 Å². The van der Waals surface area contributed by atoms with Gasteiger partial charge in [-0.3, -0.25) is 14.4 Å². The lowest BCUT2D eigenvalue weighted by Gasteiger charge is -2.06. The summed E-state index contributed by atoms with van der Waals surface area (Å²) in [4.78, 5) is 45.2. The minimum atomic E-state index is -0.241. The molecule has 254 valence electrons. The zero-order chi connectivity index (χ0) is 31.5. The fourth-order valence-corrected chi connectivity index (χ4v) is 10.6. The number of hydrogen-bond acceptors (Lipinski definition) is 20. The summed E-state index contributed by atoms with van der Waals surface area (Å²) in [5, 5.41) is 21.3. The zero-order valence-electron chi connectivity index (χ0n) is 23.9. The fraction of sp³-hybridized carbons (Fsp3) is 0.870. The van der Waals surface area contributed by atoms with Crippen LogP contribution in [0.25, 0.3) is 0 Å². The second-order valence-electron chi connectivity index (χ2n) is 7.16. The normalized spacial score (nSPS) is 11.0. The molecule has 0 aliphatic carbocycles. The summed E-state index contributed by atoms with van der Waals surface area (Å²) in [5.74, 6) is 4.54. The maximum absolute atomic E-state index is 11.8. The van der Waals surface area contributed by atoms with Crippen LogP contribution >= 0.6 is 118 Å². The van der Waals surface area contributed by atoms with Crippen molar-refractivity contribution in [2.75, 3.05) is 116 Å². The molecule has 0 bridgehead atoms. The molecule has 0 rings (SSSR count). The van der Waals surface area contributed by atoms with Crippen molar-refractivity contribution in [1.29, 1.82) is 0 Å². The molecular formula is C23H42O10S10. The second kappa shape index (κ2) is 38.2. The first-order valence-corrected chi connectivity index (χ1v) is 24.3. The topological polar surface area (TPSA) is 138 Å². The minimum Gasteiger partial charge on any atom is -0.464 e. The Kier molecular flexibility index (Phi) is 39.8. The summed E-state index contributed by atoms with van der Waals surface area (Å²) in [6.07, 6.45) is 0. The van der Waals surface area contributed by atoms with Crippen LogP contribution in [0.3, 0.4) is 0 Å². The van der Waals surface area contributed by atoms with E-state index in [9.17, 15) is 14.4 Å². The van der Waals surface area contributed by atoms with E-state index < -0.39 is 0 Å². The van der Waals surface area contributed by atoms with Crippen LogP contribution < -0.4 is 0 Å². The Balaban J connectivity index is 3.25. The molecule has 0 spiro atoms. The lowest BCUT2D eigenvalue weighted by atomic mass is 10.8. The molecule has 2 N–H and O–H groups in total. The number of esters is 3. The number of aliphatic hydroxyl groups excluding tert-OH is 2. The van der Waals surface area contributed by atoms with Gasteiger partial charge in [0.1, 0.15) is 25.1 Å². The van der Waals surface area contributed by atoms with Crippen molar-refractivity contribution in [3.8, 4) is 0 Å². The van der Waals surface area contributed by atoms with Crippen LogP contribution in [-0.2, 0) is 38.4 Å². The lowest BCUT2D eigenvalue weighted by molar-refractivity contribution is -0.274. The Bertz CT molecular complexity index is 658. The van der Waals surface area contributed by atoms with E-state index in [-0.39, 0.29) is 31.1 Å². The zero-order valence-corrected chi connectivity index (χ0v) is 32.0. The standard InChI is InChI=1S/C23H42O10S10/c24-1-6-34-8-3-29-21(26)11-37-17-42-16-36-10-5-32-33-15-41-20-40-14-31-23(28)13-39-19-43-18-38-12-22(27)30-4-9-35-7-2-25/h24-25H,1-20H2. The Labute approximate surface area is 298 Å². The van der Waals surface area contributed by atoms with Crippen molar-refractivity contribution in [3.63, 3.8) is 0 Å². The number of rotatable bonds is 34. The van der Waals surface area contributed by atoms with Gasteiger partial charge in [-0.1, -0.05) is 0 Å². The molecule has 0 saturated heterocycles. The third kappa shape index (κ3) is 38.1. The van der Waals surface area contributed by atoms with Crippen LogP contribution in [0.1, 0.15) is 0 Å². The van der Waals surface area contributed by atoms with Gasteiger partial charge in [-0.15, -0.1) is 94.1 Å². The largest absolute Gasteiger partial charge is 0.464 e. The highest BCUT2D eigenvalue weighted by Crippen LogP contribution is 2.19. The number of hydrogen-bond donors (Lipinski definition) is 2. The molecule has 10 nitrogen and oxygen atoms in total. The molecule has 43 heavy (non-hydrogen) atoms. The molecular weight excluding hydrogens is 757 g/mol. The summed E-state index contributed by atoms with van der Waals surface area (Å²) in [6, 6.07) is 0. The highest BCUT2D eigenvalue weighted by Gasteiger charge is 2.06. The average Bonchev–Trinajstić information content (AvgIpc) is 3.00. The molecule has 0 aromatic rings. The van der Waals surface area contributed by atoms with Crippen molar-refractivity contribution < 1.29 is 48.6 Å². The monoisotopic (exact) mass is 798 g/mol. The third-order valence-electron chi connectivity index (χ3n) is 3.77. The van der Waals surface area contributed by atoms with Gasteiger partial charge in [0.15, 0.2) is 0 Å². The Hall–Kier alpha value is 1.75. The van der Waals surface area contributed by atoms with E-state index in [0.29, 0.717) is 72.0 Å². The van der Waals surface area contributed by atoms with Gasteiger partial charge in [0.2, 0.25) is 0 Å². The molecule has 0 fully saturated rings. The molecule has 0 saturated carbocycles. The van der Waals surface area contributed by atoms with Crippen LogP contribution in [0.15, 0.2) is 0 Å². The molecule has 0 amide bonds. The maximum Gasteiger partial charge on any atom is 0.316 e. The number of carbonyl (C=O) groups excluding carboxylic acids is 3. The predicted octanol–water partition coefficient (Wildman–Crippen LogP) is 4.58. The smallest absolute Gasteiger partial charge is 0.316 e. The minimum absolute atomic E-state index is 0.133. The van der Waals surface area contributed by atoms with Crippen molar-refractivity contribution in [3.05, 3.63) is 0 Å². The first-order chi connectivity index (χ1) is 21.1. The molecule has 0 aliphatic heterocycles. The van der Waals surface area contributed by atoms with Crippen molar-refractivity contribution in [2.24, 2.45) is 0 Å². The molecule has 20 heteroatoms. The number of thioether (sulfide) groups is 10. The third-order valence-corrected chi connectivity index (χ3v) is 14.6. The van der Waals surface area contributed by atoms with Gasteiger partial charge in [-0.25, -0.2) is 9.78 Å². The summed E-state index contributed by atoms with van der Waals surface area (Å²) < 4.78 is 15.4. The number of carbonyl (C=O) groups is 3. The first-order valence-electron chi connectivity index (χ1n) is 12.8. The van der Waals surface area contributed by atoms with Crippen LogP contribution in [0, 0.1) is 0 Å². The van der Waals surface area contributed by atoms with E-state index in [1.54, 1.807) is 70.6 Å². The highest BCUT2D eigenvalue weighted by molar-refractivity contribution is 8.23. The van der Waals surface area contributed by atoms with Gasteiger partial charge in [0, 0.05) is 54.2 Å². The average molecular weight is 799 g/mol. The summed E-state index contributed by atoms with van der Waals surface area (Å²) in [6.45, 7) is 1.53. The quantitative estimate of drug-likeness (QED) is 0.0234. The van der Waals surface area contributed by atoms with E-state index in [2.05, 4.69) is 0 Å². The fourth-order valence-electron chi connectivity index (χ4n) is 2.08. The Morgan fingerprint density at radius 3 is 1.40 bits per heavy atom. The maximum atomic E-state index is 11.8. The van der Waals surface area contributed by atoms with Crippen LogP contribution in [0.2, 0.25) is 0 Å². The van der Waals surface area contributed by atoms with Gasteiger partial charge < -0.3 is 24.4 Å². The molecule has 0 atom stereocenters. The van der Waals surface area contributed by atoms with Gasteiger partial charge in [-0.2, -0.15) is 23.5 Å². The Morgan fingerprint density at radius 1 is 0.419 bits per heavy atom.